The van der Waals surface area contributed by atoms with Crippen molar-refractivity contribution in [3.63, 3.8) is 0 Å². The number of aromatic nitrogens is 3. The molecule has 28 heavy (non-hydrogen) atoms. The highest BCUT2D eigenvalue weighted by atomic mass is 32.2. The number of amides is 1. The molecule has 0 aliphatic heterocycles. The summed E-state index contributed by atoms with van der Waals surface area (Å²) in [7, 11) is 3.20. The van der Waals surface area contributed by atoms with Crippen LogP contribution in [0.5, 0.6) is 11.5 Å². The highest BCUT2D eigenvalue weighted by Crippen LogP contribution is 2.26. The number of nitrogen functional groups attached to an aromatic ring is 1. The third kappa shape index (κ3) is 4.37. The van der Waals surface area contributed by atoms with E-state index in [0.717, 1.165) is 17.1 Å². The van der Waals surface area contributed by atoms with Crippen molar-refractivity contribution in [1.29, 1.82) is 0 Å². The Labute approximate surface area is 167 Å². The van der Waals surface area contributed by atoms with Crippen molar-refractivity contribution in [2.24, 2.45) is 0 Å². The fourth-order valence-electron chi connectivity index (χ4n) is 2.42. The minimum absolute atomic E-state index is 0.163. The van der Waals surface area contributed by atoms with Crippen LogP contribution in [0.4, 0.5) is 5.69 Å². The molecule has 3 aromatic rings. The highest BCUT2D eigenvalue weighted by molar-refractivity contribution is 8.00. The summed E-state index contributed by atoms with van der Waals surface area (Å²) in [5.41, 5.74) is 1.49. The number of nitrogens with two attached hydrogens (primary N) is 1. The number of carbonyl (C=O) groups excluding carboxylic acids is 1. The van der Waals surface area contributed by atoms with Crippen LogP contribution in [0.1, 0.15) is 6.92 Å². The molecule has 1 amide bonds. The molecule has 0 spiro atoms. The molecule has 3 N–H and O–H groups in total. The zero-order valence-corrected chi connectivity index (χ0v) is 16.6. The number of hydrogen-bond donors (Lipinski definition) is 2. The van der Waals surface area contributed by atoms with E-state index in [0.29, 0.717) is 16.7 Å². The van der Waals surface area contributed by atoms with Gasteiger partial charge in [0.2, 0.25) is 11.1 Å². The van der Waals surface area contributed by atoms with Gasteiger partial charge in [-0.3, -0.25) is 4.79 Å². The molecule has 3 rings (SSSR count). The van der Waals surface area contributed by atoms with E-state index < -0.39 is 5.25 Å². The lowest BCUT2D eigenvalue weighted by Crippen LogP contribution is -2.23. The predicted octanol–water partition coefficient (Wildman–Crippen LogP) is 2.80. The summed E-state index contributed by atoms with van der Waals surface area (Å²) in [6.07, 6.45) is 0. The van der Waals surface area contributed by atoms with E-state index in [4.69, 9.17) is 15.3 Å². The van der Waals surface area contributed by atoms with Gasteiger partial charge in [0.15, 0.2) is 5.82 Å². The Morgan fingerprint density at radius 3 is 2.18 bits per heavy atom. The lowest BCUT2D eigenvalue weighted by molar-refractivity contribution is -0.115. The maximum atomic E-state index is 12.5. The van der Waals surface area contributed by atoms with E-state index in [1.165, 1.54) is 16.4 Å². The first-order valence-electron chi connectivity index (χ1n) is 8.48. The van der Waals surface area contributed by atoms with Crippen LogP contribution in [0, 0.1) is 0 Å². The zero-order valence-electron chi connectivity index (χ0n) is 15.7. The predicted molar refractivity (Wildman–Crippen MR) is 109 cm³/mol. The molecule has 0 radical (unpaired) electrons. The second kappa shape index (κ2) is 8.66. The molecule has 146 valence electrons. The van der Waals surface area contributed by atoms with Crippen molar-refractivity contribution in [3.05, 3.63) is 48.5 Å². The Balaban J connectivity index is 1.67. The maximum absolute atomic E-state index is 12.5. The first-order valence-corrected chi connectivity index (χ1v) is 9.36. The Bertz CT molecular complexity index is 941. The monoisotopic (exact) mass is 399 g/mol. The SMILES string of the molecule is COc1ccc(NC(=O)[C@@H](C)Sc2nnc(-c3ccc(OC)cc3)n2N)cc1. The fourth-order valence-corrected chi connectivity index (χ4v) is 3.19. The van der Waals surface area contributed by atoms with Crippen LogP contribution < -0.4 is 20.6 Å². The van der Waals surface area contributed by atoms with Crippen LogP contribution in [0.2, 0.25) is 0 Å². The van der Waals surface area contributed by atoms with Crippen molar-refractivity contribution in [2.45, 2.75) is 17.3 Å². The van der Waals surface area contributed by atoms with E-state index >= 15 is 0 Å². The Hall–Kier alpha value is -3.20. The summed E-state index contributed by atoms with van der Waals surface area (Å²) >= 11 is 1.23. The molecule has 1 aromatic heterocycles. The maximum Gasteiger partial charge on any atom is 0.237 e. The normalized spacial score (nSPS) is 11.7. The number of methoxy groups -OCH3 is 2. The number of ether oxygens (including phenoxy) is 2. The van der Waals surface area contributed by atoms with E-state index in [9.17, 15) is 4.79 Å². The van der Waals surface area contributed by atoms with Crippen molar-refractivity contribution in [2.75, 3.05) is 25.4 Å². The molecule has 2 aromatic carbocycles. The van der Waals surface area contributed by atoms with Crippen LogP contribution in [-0.2, 0) is 4.79 Å². The summed E-state index contributed by atoms with van der Waals surface area (Å²) < 4.78 is 11.6. The van der Waals surface area contributed by atoms with E-state index in [-0.39, 0.29) is 5.91 Å². The van der Waals surface area contributed by atoms with Crippen LogP contribution in [-0.4, -0.2) is 40.3 Å². The van der Waals surface area contributed by atoms with Gasteiger partial charge in [-0.05, 0) is 55.5 Å². The third-order valence-electron chi connectivity index (χ3n) is 4.02. The number of anilines is 1. The van der Waals surface area contributed by atoms with Crippen LogP contribution in [0.25, 0.3) is 11.4 Å². The highest BCUT2D eigenvalue weighted by Gasteiger charge is 2.20. The van der Waals surface area contributed by atoms with Crippen molar-refractivity contribution in [3.8, 4) is 22.9 Å². The first kappa shape index (κ1) is 19.6. The summed E-state index contributed by atoms with van der Waals surface area (Å²) in [6.45, 7) is 1.78. The van der Waals surface area contributed by atoms with Gasteiger partial charge in [0.25, 0.3) is 0 Å². The fraction of sp³-hybridized carbons (Fsp3) is 0.211. The van der Waals surface area contributed by atoms with Crippen molar-refractivity contribution < 1.29 is 14.3 Å². The molecular formula is C19H21N5O3S. The largest absolute Gasteiger partial charge is 0.497 e. The van der Waals surface area contributed by atoms with Gasteiger partial charge in [-0.15, -0.1) is 10.2 Å². The molecule has 0 unspecified atom stereocenters. The number of nitrogens with one attached hydrogen (secondary N) is 1. The Kier molecular flexibility index (Phi) is 6.05. The van der Waals surface area contributed by atoms with Gasteiger partial charge < -0.3 is 20.6 Å². The van der Waals surface area contributed by atoms with Gasteiger partial charge in [0.05, 0.1) is 19.5 Å². The van der Waals surface area contributed by atoms with Gasteiger partial charge in [0, 0.05) is 11.3 Å². The Morgan fingerprint density at radius 2 is 1.61 bits per heavy atom. The summed E-state index contributed by atoms with van der Waals surface area (Å²) in [5, 5.41) is 11.1. The van der Waals surface area contributed by atoms with Gasteiger partial charge in [0.1, 0.15) is 11.5 Å². The average Bonchev–Trinajstić information content (AvgIpc) is 3.08. The second-order valence-corrected chi connectivity index (χ2v) is 7.19. The third-order valence-corrected chi connectivity index (χ3v) is 5.08. The molecule has 1 atom stereocenters. The number of benzene rings is 2. The molecule has 0 saturated carbocycles. The molecule has 1 heterocycles. The van der Waals surface area contributed by atoms with Gasteiger partial charge in [-0.2, -0.15) is 0 Å². The lowest BCUT2D eigenvalue weighted by Gasteiger charge is -2.12. The topological polar surface area (TPSA) is 104 Å². The number of carbonyl (C=O) groups is 1. The zero-order chi connectivity index (χ0) is 20.1. The summed E-state index contributed by atoms with van der Waals surface area (Å²) in [4.78, 5) is 12.5. The molecule has 0 bridgehead atoms. The Morgan fingerprint density at radius 1 is 1.04 bits per heavy atom. The lowest BCUT2D eigenvalue weighted by atomic mass is 10.2. The van der Waals surface area contributed by atoms with Crippen molar-refractivity contribution in [1.82, 2.24) is 14.9 Å². The van der Waals surface area contributed by atoms with E-state index in [1.807, 2.05) is 24.3 Å². The molecule has 0 aliphatic carbocycles. The summed E-state index contributed by atoms with van der Waals surface area (Å²) in [5.74, 6) is 7.94. The average molecular weight is 399 g/mol. The summed E-state index contributed by atoms with van der Waals surface area (Å²) in [6, 6.07) is 14.5. The molecule has 0 aliphatic rings. The standard InChI is InChI=1S/C19H21N5O3S/c1-12(18(25)21-14-6-10-16(27-3)11-7-14)28-19-23-22-17(24(19)20)13-4-8-15(26-2)9-5-13/h4-12H,20H2,1-3H3,(H,21,25)/t12-/m1/s1. The number of thioether (sulfide) groups is 1. The second-order valence-electron chi connectivity index (χ2n) is 5.88. The van der Waals surface area contributed by atoms with Gasteiger partial charge >= 0.3 is 0 Å². The molecule has 8 nitrogen and oxygen atoms in total. The minimum Gasteiger partial charge on any atom is -0.497 e. The molecule has 0 saturated heterocycles. The molecular weight excluding hydrogens is 378 g/mol. The van der Waals surface area contributed by atoms with Crippen LogP contribution in [0.15, 0.2) is 53.7 Å². The van der Waals surface area contributed by atoms with Gasteiger partial charge in [-0.1, -0.05) is 11.8 Å². The number of hydrogen-bond acceptors (Lipinski definition) is 7. The number of rotatable bonds is 7. The van der Waals surface area contributed by atoms with Crippen molar-refractivity contribution >= 4 is 23.4 Å². The first-order chi connectivity index (χ1) is 13.5. The molecule has 0 fully saturated rings. The minimum atomic E-state index is -0.419. The molecule has 9 heteroatoms. The quantitative estimate of drug-likeness (QED) is 0.465. The number of nitrogens with zero attached hydrogens (tertiary/aromatic N) is 3. The smallest absolute Gasteiger partial charge is 0.237 e. The van der Waals surface area contributed by atoms with E-state index in [1.54, 1.807) is 45.4 Å². The van der Waals surface area contributed by atoms with Crippen LogP contribution >= 0.6 is 11.8 Å². The van der Waals surface area contributed by atoms with Crippen LogP contribution in [0.3, 0.4) is 0 Å². The van der Waals surface area contributed by atoms with Gasteiger partial charge in [-0.25, -0.2) is 4.68 Å². The van der Waals surface area contributed by atoms with E-state index in [2.05, 4.69) is 15.5 Å².